The minimum Gasteiger partial charge on any atom is -0.293 e. The van der Waals surface area contributed by atoms with Crippen LogP contribution in [0.5, 0.6) is 0 Å². The molecule has 3 rings (SSSR count). The fourth-order valence-electron chi connectivity index (χ4n) is 2.06. The van der Waals surface area contributed by atoms with Crippen LogP contribution in [0.3, 0.4) is 0 Å². The zero-order valence-electron chi connectivity index (χ0n) is 11.9. The van der Waals surface area contributed by atoms with Gasteiger partial charge >= 0.3 is 0 Å². The maximum absolute atomic E-state index is 12.3. The van der Waals surface area contributed by atoms with E-state index in [9.17, 15) is 9.59 Å². The van der Waals surface area contributed by atoms with Crippen LogP contribution in [0, 0.1) is 0 Å². The maximum Gasteiger partial charge on any atom is 0.261 e. The molecule has 0 unspecified atom stereocenters. The van der Waals surface area contributed by atoms with Gasteiger partial charge in [-0.05, 0) is 18.2 Å². The molecular weight excluding hydrogens is 375 g/mol. The highest BCUT2D eigenvalue weighted by Crippen LogP contribution is 2.32. The van der Waals surface area contributed by atoms with E-state index in [1.165, 1.54) is 16.3 Å². The van der Waals surface area contributed by atoms with Crippen molar-refractivity contribution in [1.29, 1.82) is 0 Å². The summed E-state index contributed by atoms with van der Waals surface area (Å²) in [5.41, 5.74) is 0.879. The smallest absolute Gasteiger partial charge is 0.261 e. The number of halogens is 2. The van der Waals surface area contributed by atoms with Gasteiger partial charge in [0.05, 0.1) is 21.0 Å². The molecule has 0 atom stereocenters. The molecule has 1 aromatic carbocycles. The molecule has 0 aliphatic heterocycles. The molecule has 0 saturated carbocycles. The van der Waals surface area contributed by atoms with Crippen molar-refractivity contribution in [3.8, 4) is 0 Å². The molecule has 8 heteroatoms. The fourth-order valence-corrected chi connectivity index (χ4v) is 4.42. The molecule has 0 spiro atoms. The number of fused-ring (bicyclic) bond motifs is 1. The van der Waals surface area contributed by atoms with Gasteiger partial charge in [-0.2, -0.15) is 0 Å². The molecule has 118 valence electrons. The molecule has 0 aliphatic carbocycles. The number of aromatic nitrogens is 2. The molecule has 3 aromatic rings. The topological polar surface area (TPSA) is 52.0 Å². The van der Waals surface area contributed by atoms with Crippen molar-refractivity contribution in [2.24, 2.45) is 7.05 Å². The highest BCUT2D eigenvalue weighted by atomic mass is 35.5. The first-order valence-electron chi connectivity index (χ1n) is 6.54. The number of para-hydroxylation sites is 1. The third-order valence-electron chi connectivity index (χ3n) is 3.23. The summed E-state index contributed by atoms with van der Waals surface area (Å²) in [5, 5.41) is 1.04. The van der Waals surface area contributed by atoms with Gasteiger partial charge in [0, 0.05) is 12.6 Å². The number of carbonyl (C=O) groups is 1. The predicted octanol–water partition coefficient (Wildman–Crippen LogP) is 4.28. The Balaban J connectivity index is 1.87. The fraction of sp³-hybridized carbons (Fsp3) is 0.133. The van der Waals surface area contributed by atoms with Gasteiger partial charge in [-0.3, -0.25) is 14.2 Å². The number of hydrogen-bond acceptors (Lipinski definition) is 5. The number of nitrogens with zero attached hydrogens (tertiary/aromatic N) is 2. The van der Waals surface area contributed by atoms with Gasteiger partial charge in [-0.1, -0.05) is 47.1 Å². The second-order valence-corrected chi connectivity index (χ2v) is 7.95. The van der Waals surface area contributed by atoms with Crippen molar-refractivity contribution in [3.05, 3.63) is 54.9 Å². The Kier molecular flexibility index (Phi) is 4.77. The summed E-state index contributed by atoms with van der Waals surface area (Å²) in [4.78, 5) is 29.0. The van der Waals surface area contributed by atoms with Gasteiger partial charge in [0.25, 0.3) is 5.56 Å². The van der Waals surface area contributed by atoms with Crippen molar-refractivity contribution in [1.82, 2.24) is 9.55 Å². The summed E-state index contributed by atoms with van der Waals surface area (Å²) in [6.07, 6.45) is 0. The Morgan fingerprint density at radius 3 is 2.78 bits per heavy atom. The monoisotopic (exact) mass is 384 g/mol. The molecule has 0 amide bonds. The van der Waals surface area contributed by atoms with E-state index in [1.807, 2.05) is 6.07 Å². The normalized spacial score (nSPS) is 11.1. The van der Waals surface area contributed by atoms with E-state index >= 15 is 0 Å². The maximum atomic E-state index is 12.3. The summed E-state index contributed by atoms with van der Waals surface area (Å²) < 4.78 is 2.29. The van der Waals surface area contributed by atoms with Crippen molar-refractivity contribution in [3.63, 3.8) is 0 Å². The van der Waals surface area contributed by atoms with E-state index in [-0.39, 0.29) is 17.1 Å². The number of thiophene rings is 1. The van der Waals surface area contributed by atoms with Gasteiger partial charge in [0.1, 0.15) is 4.34 Å². The summed E-state index contributed by atoms with van der Waals surface area (Å²) in [5.74, 6) is -0.0173. The van der Waals surface area contributed by atoms with Crippen LogP contribution >= 0.6 is 46.3 Å². The number of ketones is 1. The molecule has 2 heterocycles. The molecule has 0 saturated heterocycles. The molecule has 0 radical (unpaired) electrons. The standard InChI is InChI=1S/C15H10Cl2N2O2S2/c1-19-14(21)8-4-2-3-5-10(8)18-15(19)22-7-11(20)9-6-12(16)23-13(9)17/h2-6H,7H2,1H3. The first kappa shape index (κ1) is 16.5. The third-order valence-corrected chi connectivity index (χ3v) is 5.75. The first-order valence-corrected chi connectivity index (χ1v) is 9.10. The minimum atomic E-state index is -0.148. The molecule has 0 N–H and O–H groups in total. The van der Waals surface area contributed by atoms with Gasteiger partial charge < -0.3 is 0 Å². The van der Waals surface area contributed by atoms with E-state index in [1.54, 1.807) is 31.3 Å². The van der Waals surface area contributed by atoms with Gasteiger partial charge in [0.2, 0.25) is 0 Å². The first-order chi connectivity index (χ1) is 11.0. The van der Waals surface area contributed by atoms with Crippen LogP contribution in [-0.4, -0.2) is 21.1 Å². The van der Waals surface area contributed by atoms with Gasteiger partial charge in [-0.15, -0.1) is 11.3 Å². The Morgan fingerprint density at radius 1 is 1.35 bits per heavy atom. The summed E-state index contributed by atoms with van der Waals surface area (Å²) in [6.45, 7) is 0. The summed E-state index contributed by atoms with van der Waals surface area (Å²) in [7, 11) is 1.64. The van der Waals surface area contributed by atoms with Crippen molar-refractivity contribution < 1.29 is 4.79 Å². The lowest BCUT2D eigenvalue weighted by molar-refractivity contribution is 0.102. The van der Waals surface area contributed by atoms with Crippen LogP contribution in [-0.2, 0) is 7.05 Å². The Morgan fingerprint density at radius 2 is 2.09 bits per heavy atom. The van der Waals surface area contributed by atoms with Crippen LogP contribution in [0.25, 0.3) is 10.9 Å². The number of Topliss-reactive ketones (excluding diaryl/α,β-unsaturated/α-hetero) is 1. The van der Waals surface area contributed by atoms with Crippen molar-refractivity contribution in [2.75, 3.05) is 5.75 Å². The highest BCUT2D eigenvalue weighted by Gasteiger charge is 2.16. The Labute approximate surface area is 150 Å². The van der Waals surface area contributed by atoms with E-state index in [0.29, 0.717) is 30.3 Å². The van der Waals surface area contributed by atoms with Crippen LogP contribution in [0.4, 0.5) is 0 Å². The van der Waals surface area contributed by atoms with E-state index in [2.05, 4.69) is 4.98 Å². The lowest BCUT2D eigenvalue weighted by Gasteiger charge is -2.08. The zero-order chi connectivity index (χ0) is 16.6. The van der Waals surface area contributed by atoms with Crippen molar-refractivity contribution in [2.45, 2.75) is 5.16 Å². The Hall–Kier alpha value is -1.34. The SMILES string of the molecule is Cn1c(SCC(=O)c2cc(Cl)sc2Cl)nc2ccccc2c1=O. The highest BCUT2D eigenvalue weighted by molar-refractivity contribution is 7.99. The summed E-state index contributed by atoms with van der Waals surface area (Å²) in [6, 6.07) is 8.69. The largest absolute Gasteiger partial charge is 0.293 e. The average Bonchev–Trinajstić information content (AvgIpc) is 2.88. The molecule has 0 bridgehead atoms. The average molecular weight is 385 g/mol. The third kappa shape index (κ3) is 3.30. The second-order valence-electron chi connectivity index (χ2n) is 4.73. The number of thioether (sulfide) groups is 1. The quantitative estimate of drug-likeness (QED) is 0.382. The van der Waals surface area contributed by atoms with Gasteiger partial charge in [0.15, 0.2) is 10.9 Å². The second kappa shape index (κ2) is 6.65. The van der Waals surface area contributed by atoms with Gasteiger partial charge in [-0.25, -0.2) is 4.98 Å². The molecule has 23 heavy (non-hydrogen) atoms. The zero-order valence-corrected chi connectivity index (χ0v) is 15.0. The van der Waals surface area contributed by atoms with Crippen molar-refractivity contribution >= 4 is 63.0 Å². The number of rotatable bonds is 4. The van der Waals surface area contributed by atoms with E-state index in [4.69, 9.17) is 23.2 Å². The van der Waals surface area contributed by atoms with Crippen LogP contribution in [0.2, 0.25) is 8.67 Å². The lowest BCUT2D eigenvalue weighted by atomic mass is 10.2. The van der Waals surface area contributed by atoms with E-state index < -0.39 is 0 Å². The molecule has 2 aromatic heterocycles. The summed E-state index contributed by atoms with van der Waals surface area (Å²) >= 11 is 14.2. The molecule has 0 fully saturated rings. The Bertz CT molecular complexity index is 966. The minimum absolute atomic E-state index is 0.130. The van der Waals surface area contributed by atoms with E-state index in [0.717, 1.165) is 11.3 Å². The lowest BCUT2D eigenvalue weighted by Crippen LogP contribution is -2.20. The van der Waals surface area contributed by atoms with Crippen LogP contribution < -0.4 is 5.56 Å². The number of carbonyl (C=O) groups excluding carboxylic acids is 1. The predicted molar refractivity (Wildman–Crippen MR) is 96.4 cm³/mol. The van der Waals surface area contributed by atoms with Crippen LogP contribution in [0.15, 0.2) is 40.3 Å². The molecule has 4 nitrogen and oxygen atoms in total. The van der Waals surface area contributed by atoms with Crippen LogP contribution in [0.1, 0.15) is 10.4 Å². The number of benzene rings is 1. The number of hydrogen-bond donors (Lipinski definition) is 0. The molecular formula is C15H10Cl2N2O2S2. The molecule has 0 aliphatic rings.